The monoisotopic (exact) mass is 435 g/mol. The Hall–Kier alpha value is -2.77. The van der Waals surface area contributed by atoms with Crippen LogP contribution >= 0.6 is 0 Å². The maximum atomic E-state index is 13.5. The number of rotatable bonds is 3. The van der Waals surface area contributed by atoms with Crippen molar-refractivity contribution in [2.45, 2.75) is 12.5 Å². The molecule has 0 N–H and O–H groups in total. The Balaban J connectivity index is 1.40. The van der Waals surface area contributed by atoms with Gasteiger partial charge >= 0.3 is 0 Å². The maximum Gasteiger partial charge on any atom is 0.254 e. The number of hydrogen-bond acceptors (Lipinski definition) is 5. The molecule has 1 unspecified atom stereocenters. The van der Waals surface area contributed by atoms with E-state index < -0.39 is 9.84 Å². The fraction of sp³-hybridized carbons (Fsp3) is 0.333. The van der Waals surface area contributed by atoms with E-state index in [4.69, 9.17) is 4.98 Å². The number of sulfone groups is 1. The Morgan fingerprint density at radius 3 is 2.35 bits per heavy atom. The van der Waals surface area contributed by atoms with Crippen molar-refractivity contribution in [2.24, 2.45) is 0 Å². The predicted molar refractivity (Wildman–Crippen MR) is 122 cm³/mol. The lowest BCUT2D eigenvalue weighted by Gasteiger charge is -2.37. The second-order valence-electron chi connectivity index (χ2n) is 8.32. The molecule has 3 heterocycles. The molecule has 0 radical (unpaired) electrons. The number of fused-ring (bicyclic) bond motifs is 1. The molecule has 2 aliphatic rings. The van der Waals surface area contributed by atoms with E-state index in [1.807, 2.05) is 65.6 Å². The molecule has 7 heteroatoms. The van der Waals surface area contributed by atoms with E-state index in [1.165, 1.54) is 0 Å². The molecule has 0 spiro atoms. The molecular formula is C24H25N3O3S. The van der Waals surface area contributed by atoms with Crippen molar-refractivity contribution in [1.82, 2.24) is 14.8 Å². The van der Waals surface area contributed by atoms with Gasteiger partial charge in [0.1, 0.15) is 0 Å². The van der Waals surface area contributed by atoms with Gasteiger partial charge in [0.05, 0.1) is 28.3 Å². The number of carbonyl (C=O) groups excluding carboxylic acids is 1. The zero-order valence-electron chi connectivity index (χ0n) is 17.3. The summed E-state index contributed by atoms with van der Waals surface area (Å²) < 4.78 is 23.6. The summed E-state index contributed by atoms with van der Waals surface area (Å²) in [6, 6.07) is 19.6. The molecule has 160 valence electrons. The van der Waals surface area contributed by atoms with Crippen molar-refractivity contribution >= 4 is 26.6 Å². The number of carbonyl (C=O) groups is 1. The smallest absolute Gasteiger partial charge is 0.254 e. The third-order valence-corrected chi connectivity index (χ3v) is 8.09. The maximum absolute atomic E-state index is 13.5. The van der Waals surface area contributed by atoms with Crippen LogP contribution in [0.25, 0.3) is 22.2 Å². The van der Waals surface area contributed by atoms with Gasteiger partial charge in [-0.05, 0) is 18.6 Å². The Labute approximate surface area is 182 Å². The highest BCUT2D eigenvalue weighted by atomic mass is 32.2. The summed E-state index contributed by atoms with van der Waals surface area (Å²) in [6.45, 7) is 2.63. The van der Waals surface area contributed by atoms with Gasteiger partial charge < -0.3 is 4.90 Å². The highest BCUT2D eigenvalue weighted by Crippen LogP contribution is 2.27. The van der Waals surface area contributed by atoms with Crippen LogP contribution in [0, 0.1) is 0 Å². The molecule has 2 aromatic carbocycles. The first-order valence-electron chi connectivity index (χ1n) is 10.7. The molecule has 1 atom stereocenters. The Morgan fingerprint density at radius 1 is 0.935 bits per heavy atom. The van der Waals surface area contributed by atoms with Crippen molar-refractivity contribution in [3.8, 4) is 11.3 Å². The molecule has 2 fully saturated rings. The Kier molecular flexibility index (Phi) is 5.24. The molecule has 2 aliphatic heterocycles. The number of aromatic nitrogens is 1. The van der Waals surface area contributed by atoms with Crippen LogP contribution in [0.3, 0.4) is 0 Å². The largest absolute Gasteiger partial charge is 0.336 e. The zero-order valence-corrected chi connectivity index (χ0v) is 18.1. The molecule has 5 rings (SSSR count). The highest BCUT2D eigenvalue weighted by molar-refractivity contribution is 7.91. The number of piperazine rings is 1. The summed E-state index contributed by atoms with van der Waals surface area (Å²) in [7, 11) is -2.90. The molecule has 0 saturated carbocycles. The first-order valence-corrected chi connectivity index (χ1v) is 12.5. The molecule has 0 bridgehead atoms. The van der Waals surface area contributed by atoms with E-state index in [0.29, 0.717) is 38.2 Å². The first kappa shape index (κ1) is 20.2. The lowest BCUT2D eigenvalue weighted by atomic mass is 10.0. The zero-order chi connectivity index (χ0) is 21.4. The van der Waals surface area contributed by atoms with Gasteiger partial charge in [0.25, 0.3) is 5.91 Å². The average Bonchev–Trinajstić information content (AvgIpc) is 3.18. The number of para-hydroxylation sites is 1. The molecule has 3 aromatic rings. The lowest BCUT2D eigenvalue weighted by molar-refractivity contribution is 0.0589. The van der Waals surface area contributed by atoms with Crippen LogP contribution in [0.2, 0.25) is 0 Å². The van der Waals surface area contributed by atoms with E-state index >= 15 is 0 Å². The second-order valence-corrected chi connectivity index (χ2v) is 10.6. The SMILES string of the molecule is O=C(c1cc(-c2ccccc2)nc2ccccc12)N1CCN(C2CCS(=O)(=O)C2)CC1. The molecule has 6 nitrogen and oxygen atoms in total. The Morgan fingerprint density at radius 2 is 1.65 bits per heavy atom. The summed E-state index contributed by atoms with van der Waals surface area (Å²) in [5.41, 5.74) is 3.25. The van der Waals surface area contributed by atoms with Crippen molar-refractivity contribution in [2.75, 3.05) is 37.7 Å². The van der Waals surface area contributed by atoms with E-state index in [0.717, 1.165) is 22.2 Å². The van der Waals surface area contributed by atoms with Gasteiger partial charge in [-0.2, -0.15) is 0 Å². The van der Waals surface area contributed by atoms with Crippen LogP contribution in [0.1, 0.15) is 16.8 Å². The van der Waals surface area contributed by atoms with Crippen molar-refractivity contribution in [1.29, 1.82) is 0 Å². The standard InChI is InChI=1S/C24H25N3O3S/c28-24(27-13-11-26(12-14-27)19-10-15-31(29,30)17-19)21-16-23(18-6-2-1-3-7-18)25-22-9-5-4-8-20(21)22/h1-9,16,19H,10-15,17H2. The van der Waals surface area contributed by atoms with Gasteiger partial charge in [-0.1, -0.05) is 48.5 Å². The van der Waals surface area contributed by atoms with Crippen LogP contribution in [-0.4, -0.2) is 72.8 Å². The molecule has 31 heavy (non-hydrogen) atoms. The first-order chi connectivity index (χ1) is 15.0. The van der Waals surface area contributed by atoms with Crippen molar-refractivity contribution in [3.63, 3.8) is 0 Å². The van der Waals surface area contributed by atoms with Crippen molar-refractivity contribution in [3.05, 3.63) is 66.2 Å². The molecule has 1 aromatic heterocycles. The van der Waals surface area contributed by atoms with Gasteiger partial charge in [0.2, 0.25) is 0 Å². The minimum absolute atomic E-state index is 0.00877. The van der Waals surface area contributed by atoms with Crippen LogP contribution in [0.15, 0.2) is 60.7 Å². The third-order valence-electron chi connectivity index (χ3n) is 6.34. The quantitative estimate of drug-likeness (QED) is 0.633. The summed E-state index contributed by atoms with van der Waals surface area (Å²) in [6.07, 6.45) is 0.700. The van der Waals surface area contributed by atoms with E-state index in [2.05, 4.69) is 4.90 Å². The number of amides is 1. The summed E-state index contributed by atoms with van der Waals surface area (Å²) in [5.74, 6) is 0.535. The molecule has 2 saturated heterocycles. The topological polar surface area (TPSA) is 70.6 Å². The van der Waals surface area contributed by atoms with Gasteiger partial charge in [-0.25, -0.2) is 13.4 Å². The van der Waals surface area contributed by atoms with E-state index in [9.17, 15) is 13.2 Å². The van der Waals surface area contributed by atoms with Crippen molar-refractivity contribution < 1.29 is 13.2 Å². The van der Waals surface area contributed by atoms with E-state index in [1.54, 1.807) is 0 Å². The lowest BCUT2D eigenvalue weighted by Crippen LogP contribution is -2.52. The van der Waals surface area contributed by atoms with Crippen LogP contribution in [0.4, 0.5) is 0 Å². The second kappa shape index (κ2) is 8.05. The minimum atomic E-state index is -2.90. The molecular weight excluding hydrogens is 410 g/mol. The van der Waals surface area contributed by atoms with Crippen LogP contribution < -0.4 is 0 Å². The molecule has 1 amide bonds. The van der Waals surface area contributed by atoms with Gasteiger partial charge in [0, 0.05) is 43.2 Å². The number of benzene rings is 2. The Bertz CT molecular complexity index is 1220. The summed E-state index contributed by atoms with van der Waals surface area (Å²) in [5, 5.41) is 0.858. The third kappa shape index (κ3) is 4.07. The number of nitrogens with zero attached hydrogens (tertiary/aromatic N) is 3. The molecule has 0 aliphatic carbocycles. The van der Waals surface area contributed by atoms with Gasteiger partial charge in [-0.15, -0.1) is 0 Å². The fourth-order valence-electron chi connectivity index (χ4n) is 4.63. The fourth-order valence-corrected chi connectivity index (χ4v) is 6.39. The normalized spacial score (nSPS) is 21.4. The van der Waals surface area contributed by atoms with Crippen LogP contribution in [-0.2, 0) is 9.84 Å². The summed E-state index contributed by atoms with van der Waals surface area (Å²) in [4.78, 5) is 22.4. The summed E-state index contributed by atoms with van der Waals surface area (Å²) >= 11 is 0. The van der Waals surface area contributed by atoms with Gasteiger partial charge in [0.15, 0.2) is 9.84 Å². The number of pyridine rings is 1. The van der Waals surface area contributed by atoms with Gasteiger partial charge in [-0.3, -0.25) is 9.69 Å². The van der Waals surface area contributed by atoms with E-state index in [-0.39, 0.29) is 23.5 Å². The average molecular weight is 436 g/mol. The predicted octanol–water partition coefficient (Wildman–Crippen LogP) is 2.85. The number of hydrogen-bond donors (Lipinski definition) is 0. The minimum Gasteiger partial charge on any atom is -0.336 e. The highest BCUT2D eigenvalue weighted by Gasteiger charge is 2.34. The van der Waals surface area contributed by atoms with Crippen LogP contribution in [0.5, 0.6) is 0 Å².